The summed E-state index contributed by atoms with van der Waals surface area (Å²) >= 11 is 0. The molecule has 1 aliphatic carbocycles. The summed E-state index contributed by atoms with van der Waals surface area (Å²) in [4.78, 5) is 13.6. The van der Waals surface area contributed by atoms with Gasteiger partial charge in [0.15, 0.2) is 0 Å². The van der Waals surface area contributed by atoms with Gasteiger partial charge in [-0.1, -0.05) is 0 Å². The molecule has 1 saturated carbocycles. The third-order valence-electron chi connectivity index (χ3n) is 3.01. The lowest BCUT2D eigenvalue weighted by atomic mass is 10.2. The number of carbonyl (C=O) groups is 1. The Morgan fingerprint density at radius 1 is 1.47 bits per heavy atom. The molecular formula is C11H19NO3. The first kappa shape index (κ1) is 10.9. The van der Waals surface area contributed by atoms with E-state index in [1.165, 1.54) is 19.5 Å². The summed E-state index contributed by atoms with van der Waals surface area (Å²) in [6, 6.07) is 0. The molecule has 0 radical (unpaired) electrons. The molecule has 0 aromatic heterocycles. The largest absolute Gasteiger partial charge is 0.466 e. The molecule has 0 N–H and O–H groups in total. The van der Waals surface area contributed by atoms with Crippen LogP contribution in [-0.4, -0.2) is 49.8 Å². The molecule has 1 aliphatic heterocycles. The number of hydrogen-bond acceptors (Lipinski definition) is 4. The van der Waals surface area contributed by atoms with Crippen LogP contribution in [0.4, 0.5) is 0 Å². The van der Waals surface area contributed by atoms with E-state index in [-0.39, 0.29) is 18.0 Å². The molecule has 0 aromatic carbocycles. The van der Waals surface area contributed by atoms with Gasteiger partial charge >= 0.3 is 5.97 Å². The fourth-order valence-electron chi connectivity index (χ4n) is 1.79. The Kier molecular flexibility index (Phi) is 3.59. The lowest BCUT2D eigenvalue weighted by Gasteiger charge is -2.30. The SMILES string of the molecule is CCOC(=O)[C@@H]1C[C@H]1OCCN1CCC1. The van der Waals surface area contributed by atoms with Crippen LogP contribution in [-0.2, 0) is 14.3 Å². The summed E-state index contributed by atoms with van der Waals surface area (Å²) in [6.45, 7) is 6.47. The topological polar surface area (TPSA) is 38.8 Å². The summed E-state index contributed by atoms with van der Waals surface area (Å²) in [5.74, 6) is -0.0761. The third kappa shape index (κ3) is 2.92. The van der Waals surface area contributed by atoms with Crippen molar-refractivity contribution in [2.24, 2.45) is 5.92 Å². The second-order valence-electron chi connectivity index (χ2n) is 4.20. The molecular weight excluding hydrogens is 194 g/mol. The standard InChI is InChI=1S/C11H19NO3/c1-2-14-11(13)9-8-10(9)15-7-6-12-4-3-5-12/h9-10H,2-8H2,1H3/t9-,10-/m1/s1. The normalized spacial score (nSPS) is 29.7. The maximum absolute atomic E-state index is 11.3. The summed E-state index contributed by atoms with van der Waals surface area (Å²) < 4.78 is 10.5. The molecule has 2 fully saturated rings. The quantitative estimate of drug-likeness (QED) is 0.608. The van der Waals surface area contributed by atoms with Crippen molar-refractivity contribution >= 4 is 5.97 Å². The highest BCUT2D eigenvalue weighted by Gasteiger charge is 2.45. The van der Waals surface area contributed by atoms with Gasteiger partial charge in [-0.25, -0.2) is 0 Å². The van der Waals surface area contributed by atoms with E-state index in [4.69, 9.17) is 9.47 Å². The molecule has 0 aromatic rings. The maximum Gasteiger partial charge on any atom is 0.311 e. The van der Waals surface area contributed by atoms with Crippen LogP contribution in [0.25, 0.3) is 0 Å². The third-order valence-corrected chi connectivity index (χ3v) is 3.01. The van der Waals surface area contributed by atoms with Crippen LogP contribution < -0.4 is 0 Å². The Labute approximate surface area is 90.5 Å². The van der Waals surface area contributed by atoms with Crippen molar-refractivity contribution in [2.75, 3.05) is 32.8 Å². The second-order valence-corrected chi connectivity index (χ2v) is 4.20. The summed E-state index contributed by atoms with van der Waals surface area (Å²) in [5.41, 5.74) is 0. The zero-order valence-electron chi connectivity index (χ0n) is 9.28. The molecule has 1 heterocycles. The Morgan fingerprint density at radius 2 is 2.27 bits per heavy atom. The first-order valence-electron chi connectivity index (χ1n) is 5.82. The van der Waals surface area contributed by atoms with Gasteiger partial charge in [0, 0.05) is 6.54 Å². The second kappa shape index (κ2) is 4.94. The minimum Gasteiger partial charge on any atom is -0.466 e. The monoisotopic (exact) mass is 213 g/mol. The molecule has 1 saturated heterocycles. The fourth-order valence-corrected chi connectivity index (χ4v) is 1.79. The van der Waals surface area contributed by atoms with Crippen molar-refractivity contribution in [3.63, 3.8) is 0 Å². The highest BCUT2D eigenvalue weighted by atomic mass is 16.5. The maximum atomic E-state index is 11.3. The Morgan fingerprint density at radius 3 is 2.87 bits per heavy atom. The van der Waals surface area contributed by atoms with Crippen molar-refractivity contribution in [3.05, 3.63) is 0 Å². The molecule has 0 unspecified atom stereocenters. The first-order valence-corrected chi connectivity index (χ1v) is 5.82. The Balaban J connectivity index is 1.52. The van der Waals surface area contributed by atoms with Crippen molar-refractivity contribution in [1.82, 2.24) is 4.90 Å². The fraction of sp³-hybridized carbons (Fsp3) is 0.909. The molecule has 2 rings (SSSR count). The number of rotatable bonds is 6. The predicted octanol–water partition coefficient (Wildman–Crippen LogP) is 0.660. The van der Waals surface area contributed by atoms with E-state index in [0.717, 1.165) is 19.6 Å². The minimum atomic E-state index is -0.0912. The molecule has 2 aliphatic rings. The van der Waals surface area contributed by atoms with E-state index >= 15 is 0 Å². The molecule has 4 heteroatoms. The van der Waals surface area contributed by atoms with Crippen molar-refractivity contribution in [1.29, 1.82) is 0 Å². The molecule has 4 nitrogen and oxygen atoms in total. The van der Waals surface area contributed by atoms with Crippen LogP contribution in [0.15, 0.2) is 0 Å². The molecule has 15 heavy (non-hydrogen) atoms. The van der Waals surface area contributed by atoms with E-state index in [1.54, 1.807) is 0 Å². The lowest BCUT2D eigenvalue weighted by molar-refractivity contribution is -0.145. The zero-order valence-corrected chi connectivity index (χ0v) is 9.28. The smallest absolute Gasteiger partial charge is 0.311 e. The zero-order chi connectivity index (χ0) is 10.7. The van der Waals surface area contributed by atoms with E-state index in [9.17, 15) is 4.79 Å². The average molecular weight is 213 g/mol. The summed E-state index contributed by atoms with van der Waals surface area (Å²) in [7, 11) is 0. The Hall–Kier alpha value is -0.610. The first-order chi connectivity index (χ1) is 7.31. The number of likely N-dealkylation sites (tertiary alicyclic amines) is 1. The minimum absolute atomic E-state index is 0.0151. The highest BCUT2D eigenvalue weighted by Crippen LogP contribution is 2.34. The van der Waals surface area contributed by atoms with Crippen LogP contribution in [0.3, 0.4) is 0 Å². The van der Waals surface area contributed by atoms with Crippen LogP contribution in [0, 0.1) is 5.92 Å². The molecule has 2 atom stereocenters. The van der Waals surface area contributed by atoms with Gasteiger partial charge in [-0.3, -0.25) is 4.79 Å². The van der Waals surface area contributed by atoms with Gasteiger partial charge in [0.1, 0.15) is 0 Å². The number of hydrogen-bond donors (Lipinski definition) is 0. The Bertz CT molecular complexity index is 228. The van der Waals surface area contributed by atoms with Crippen molar-refractivity contribution in [2.45, 2.75) is 25.9 Å². The van der Waals surface area contributed by atoms with Gasteiger partial charge in [0.2, 0.25) is 0 Å². The van der Waals surface area contributed by atoms with E-state index in [0.29, 0.717) is 6.61 Å². The van der Waals surface area contributed by atoms with Crippen LogP contribution in [0.5, 0.6) is 0 Å². The van der Waals surface area contributed by atoms with Crippen LogP contribution >= 0.6 is 0 Å². The van der Waals surface area contributed by atoms with Crippen molar-refractivity contribution in [3.8, 4) is 0 Å². The van der Waals surface area contributed by atoms with E-state index < -0.39 is 0 Å². The van der Waals surface area contributed by atoms with Gasteiger partial charge in [0.25, 0.3) is 0 Å². The number of nitrogens with zero attached hydrogens (tertiary/aromatic N) is 1. The number of carbonyl (C=O) groups excluding carboxylic acids is 1. The van der Waals surface area contributed by atoms with Gasteiger partial charge < -0.3 is 14.4 Å². The predicted molar refractivity (Wildman–Crippen MR) is 55.5 cm³/mol. The van der Waals surface area contributed by atoms with Crippen LogP contribution in [0.2, 0.25) is 0 Å². The average Bonchev–Trinajstić information content (AvgIpc) is 2.89. The van der Waals surface area contributed by atoms with Gasteiger partial charge in [-0.05, 0) is 32.9 Å². The lowest BCUT2D eigenvalue weighted by Crippen LogP contribution is -2.39. The van der Waals surface area contributed by atoms with E-state index in [2.05, 4.69) is 4.90 Å². The van der Waals surface area contributed by atoms with Crippen molar-refractivity contribution < 1.29 is 14.3 Å². The van der Waals surface area contributed by atoms with Crippen LogP contribution in [0.1, 0.15) is 19.8 Å². The molecule has 0 spiro atoms. The van der Waals surface area contributed by atoms with Gasteiger partial charge in [-0.2, -0.15) is 0 Å². The summed E-state index contributed by atoms with van der Waals surface area (Å²) in [6.07, 6.45) is 2.29. The molecule has 0 amide bonds. The number of ether oxygens (including phenoxy) is 2. The molecule has 0 bridgehead atoms. The van der Waals surface area contributed by atoms with Gasteiger partial charge in [0.05, 0.1) is 25.2 Å². The van der Waals surface area contributed by atoms with E-state index in [1.807, 2.05) is 6.92 Å². The molecule has 86 valence electrons. The summed E-state index contributed by atoms with van der Waals surface area (Å²) in [5, 5.41) is 0. The highest BCUT2D eigenvalue weighted by molar-refractivity contribution is 5.76. The van der Waals surface area contributed by atoms with Gasteiger partial charge in [-0.15, -0.1) is 0 Å². The number of esters is 1.